The molecule has 3 atom stereocenters. The average Bonchev–Trinajstić information content (AvgIpc) is 3.04. The molecule has 140 valence electrons. The van der Waals surface area contributed by atoms with Gasteiger partial charge in [0.1, 0.15) is 13.6 Å². The van der Waals surface area contributed by atoms with Crippen LogP contribution in [0.25, 0.3) is 0 Å². The van der Waals surface area contributed by atoms with Crippen LogP contribution in [-0.4, -0.2) is 69.0 Å². The van der Waals surface area contributed by atoms with Crippen LogP contribution in [0, 0.1) is 0 Å². The van der Waals surface area contributed by atoms with Gasteiger partial charge in [-0.25, -0.2) is 0 Å². The summed E-state index contributed by atoms with van der Waals surface area (Å²) in [6.45, 7) is 1.07. The highest BCUT2D eigenvalue weighted by Crippen LogP contribution is 2.29. The second-order valence-corrected chi connectivity index (χ2v) is 6.00. The lowest BCUT2D eigenvalue weighted by atomic mass is 10.1. The van der Waals surface area contributed by atoms with Gasteiger partial charge in [-0.1, -0.05) is 30.3 Å². The lowest BCUT2D eigenvalue weighted by molar-refractivity contribution is -0.148. The number of carbonyl (C=O) groups is 1. The van der Waals surface area contributed by atoms with Crippen molar-refractivity contribution in [3.8, 4) is 0 Å². The van der Waals surface area contributed by atoms with Crippen molar-refractivity contribution >= 4 is 5.91 Å². The number of likely N-dealkylation sites (tertiary alicyclic amines) is 1. The SMILES string of the molecule is COCOC[C@H]1CC[C@H](COCOC)N1C(=O)[C@@H](O)c1ccccc1. The monoisotopic (exact) mass is 353 g/mol. The minimum Gasteiger partial charge on any atom is -0.378 e. The Morgan fingerprint density at radius 3 is 2.08 bits per heavy atom. The van der Waals surface area contributed by atoms with E-state index in [1.165, 1.54) is 0 Å². The highest BCUT2D eigenvalue weighted by atomic mass is 16.7. The van der Waals surface area contributed by atoms with Crippen molar-refractivity contribution in [2.75, 3.05) is 41.0 Å². The van der Waals surface area contributed by atoms with Crippen molar-refractivity contribution in [1.29, 1.82) is 0 Å². The number of ether oxygens (including phenoxy) is 4. The Hall–Kier alpha value is -1.51. The lowest BCUT2D eigenvalue weighted by Crippen LogP contribution is -2.47. The zero-order valence-electron chi connectivity index (χ0n) is 14.8. The van der Waals surface area contributed by atoms with Crippen molar-refractivity contribution in [3.63, 3.8) is 0 Å². The Bertz CT molecular complexity index is 494. The molecule has 0 bridgehead atoms. The quantitative estimate of drug-likeness (QED) is 0.505. The first-order valence-electron chi connectivity index (χ1n) is 8.37. The van der Waals surface area contributed by atoms with Crippen molar-refractivity contribution in [2.45, 2.75) is 31.0 Å². The molecule has 1 fully saturated rings. The van der Waals surface area contributed by atoms with Crippen LogP contribution < -0.4 is 0 Å². The van der Waals surface area contributed by atoms with Gasteiger partial charge in [0.2, 0.25) is 0 Å². The minimum atomic E-state index is -1.20. The molecule has 0 aromatic heterocycles. The van der Waals surface area contributed by atoms with E-state index >= 15 is 0 Å². The molecule has 1 heterocycles. The maximum atomic E-state index is 12.9. The molecule has 0 unspecified atom stereocenters. The van der Waals surface area contributed by atoms with Crippen LogP contribution >= 0.6 is 0 Å². The maximum Gasteiger partial charge on any atom is 0.256 e. The second-order valence-electron chi connectivity index (χ2n) is 6.00. The Kier molecular flexibility index (Phi) is 8.30. The molecule has 1 aromatic rings. The summed E-state index contributed by atoms with van der Waals surface area (Å²) in [7, 11) is 3.11. The van der Waals surface area contributed by atoms with Gasteiger partial charge in [-0.3, -0.25) is 4.79 Å². The number of amides is 1. The molecular formula is C18H27NO6. The number of aliphatic hydroxyl groups is 1. The molecule has 2 rings (SSSR count). The average molecular weight is 353 g/mol. The molecule has 7 heteroatoms. The Labute approximate surface area is 148 Å². The standard InChI is InChI=1S/C18H27NO6/c1-22-12-24-10-15-8-9-16(11-25-13-23-2)19(15)18(21)17(20)14-6-4-3-5-7-14/h3-7,15-17,20H,8-13H2,1-2H3/t15-,16-,17+/m1/s1. The van der Waals surface area contributed by atoms with Gasteiger partial charge in [-0.2, -0.15) is 0 Å². The van der Waals surface area contributed by atoms with Gasteiger partial charge < -0.3 is 29.0 Å². The van der Waals surface area contributed by atoms with Gasteiger partial charge in [0.05, 0.1) is 25.3 Å². The first-order valence-corrected chi connectivity index (χ1v) is 8.37. The molecule has 1 amide bonds. The number of rotatable bonds is 10. The summed E-state index contributed by atoms with van der Waals surface area (Å²) in [6.07, 6.45) is 0.379. The van der Waals surface area contributed by atoms with Crippen molar-refractivity contribution in [1.82, 2.24) is 4.90 Å². The van der Waals surface area contributed by atoms with E-state index in [1.807, 2.05) is 6.07 Å². The third-order valence-corrected chi connectivity index (χ3v) is 4.25. The van der Waals surface area contributed by atoms with Crippen LogP contribution in [0.1, 0.15) is 24.5 Å². The van der Waals surface area contributed by atoms with Crippen molar-refractivity contribution < 1.29 is 28.8 Å². The van der Waals surface area contributed by atoms with Crippen LogP contribution in [0.15, 0.2) is 30.3 Å². The molecule has 1 saturated heterocycles. The topological polar surface area (TPSA) is 77.5 Å². The number of hydrogen-bond donors (Lipinski definition) is 1. The largest absolute Gasteiger partial charge is 0.378 e. The summed E-state index contributed by atoms with van der Waals surface area (Å²) in [6, 6.07) is 8.70. The van der Waals surface area contributed by atoms with Gasteiger partial charge in [-0.15, -0.1) is 0 Å². The van der Waals surface area contributed by atoms with Crippen LogP contribution in [0.5, 0.6) is 0 Å². The van der Waals surface area contributed by atoms with Crippen LogP contribution in [0.2, 0.25) is 0 Å². The summed E-state index contributed by atoms with van der Waals surface area (Å²) in [5.41, 5.74) is 0.576. The van der Waals surface area contributed by atoms with E-state index in [0.29, 0.717) is 18.8 Å². The Balaban J connectivity index is 2.08. The first-order chi connectivity index (χ1) is 12.2. The number of nitrogens with zero attached hydrogens (tertiary/aromatic N) is 1. The zero-order valence-corrected chi connectivity index (χ0v) is 14.8. The molecule has 1 aromatic carbocycles. The van der Waals surface area contributed by atoms with Crippen LogP contribution in [0.4, 0.5) is 0 Å². The normalized spacial score (nSPS) is 21.5. The number of hydrogen-bond acceptors (Lipinski definition) is 6. The molecular weight excluding hydrogens is 326 g/mol. The summed E-state index contributed by atoms with van der Waals surface area (Å²) < 4.78 is 20.7. The highest BCUT2D eigenvalue weighted by molar-refractivity contribution is 5.83. The molecule has 25 heavy (non-hydrogen) atoms. The smallest absolute Gasteiger partial charge is 0.256 e. The van der Waals surface area contributed by atoms with E-state index in [-0.39, 0.29) is 31.6 Å². The highest BCUT2D eigenvalue weighted by Gasteiger charge is 2.39. The number of methoxy groups -OCH3 is 2. The second kappa shape index (κ2) is 10.5. The van der Waals surface area contributed by atoms with Gasteiger partial charge in [0, 0.05) is 14.2 Å². The summed E-state index contributed by atoms with van der Waals surface area (Å²) in [5.74, 6) is -0.333. The van der Waals surface area contributed by atoms with Gasteiger partial charge >= 0.3 is 0 Å². The van der Waals surface area contributed by atoms with E-state index in [2.05, 4.69) is 0 Å². The summed E-state index contributed by atoms with van der Waals surface area (Å²) in [4.78, 5) is 14.6. The van der Waals surface area contributed by atoms with E-state index in [0.717, 1.165) is 12.8 Å². The van der Waals surface area contributed by atoms with Gasteiger partial charge in [0.15, 0.2) is 6.10 Å². The number of carbonyl (C=O) groups excluding carboxylic acids is 1. The number of aliphatic hydroxyl groups excluding tert-OH is 1. The van der Waals surface area contributed by atoms with Crippen molar-refractivity contribution in [2.24, 2.45) is 0 Å². The lowest BCUT2D eigenvalue weighted by Gasteiger charge is -2.32. The molecule has 0 aliphatic carbocycles. The fraction of sp³-hybridized carbons (Fsp3) is 0.611. The van der Waals surface area contributed by atoms with E-state index in [9.17, 15) is 9.90 Å². The van der Waals surface area contributed by atoms with E-state index in [1.54, 1.807) is 43.4 Å². The Morgan fingerprint density at radius 1 is 1.08 bits per heavy atom. The third-order valence-electron chi connectivity index (χ3n) is 4.25. The van der Waals surface area contributed by atoms with E-state index in [4.69, 9.17) is 18.9 Å². The fourth-order valence-electron chi connectivity index (χ4n) is 3.10. The summed E-state index contributed by atoms with van der Waals surface area (Å²) in [5, 5.41) is 10.5. The van der Waals surface area contributed by atoms with Gasteiger partial charge in [0.25, 0.3) is 5.91 Å². The molecule has 0 spiro atoms. The predicted molar refractivity (Wildman–Crippen MR) is 90.7 cm³/mol. The maximum absolute atomic E-state index is 12.9. The third kappa shape index (κ3) is 5.49. The predicted octanol–water partition coefficient (Wildman–Crippen LogP) is 1.32. The molecule has 1 N–H and O–H groups in total. The number of benzene rings is 1. The van der Waals surface area contributed by atoms with Crippen molar-refractivity contribution in [3.05, 3.63) is 35.9 Å². The molecule has 0 saturated carbocycles. The van der Waals surface area contributed by atoms with Crippen LogP contribution in [-0.2, 0) is 23.7 Å². The fourth-order valence-corrected chi connectivity index (χ4v) is 3.10. The zero-order chi connectivity index (χ0) is 18.1. The minimum absolute atomic E-state index is 0.114. The summed E-state index contributed by atoms with van der Waals surface area (Å²) >= 11 is 0. The van der Waals surface area contributed by atoms with E-state index < -0.39 is 6.10 Å². The molecule has 0 radical (unpaired) electrons. The first kappa shape index (κ1) is 19.8. The van der Waals surface area contributed by atoms with Crippen LogP contribution in [0.3, 0.4) is 0 Å². The van der Waals surface area contributed by atoms with Gasteiger partial charge in [-0.05, 0) is 18.4 Å². The molecule has 1 aliphatic rings. The molecule has 7 nitrogen and oxygen atoms in total. The molecule has 1 aliphatic heterocycles. The Morgan fingerprint density at radius 2 is 1.60 bits per heavy atom.